The van der Waals surface area contributed by atoms with Crippen molar-refractivity contribution in [1.82, 2.24) is 9.97 Å². The molecule has 0 bridgehead atoms. The Balaban J connectivity index is 2.75. The van der Waals surface area contributed by atoms with Crippen LogP contribution in [0.5, 0.6) is 0 Å². The van der Waals surface area contributed by atoms with Gasteiger partial charge in [-0.3, -0.25) is 0 Å². The van der Waals surface area contributed by atoms with E-state index in [1.165, 1.54) is 0 Å². The van der Waals surface area contributed by atoms with Gasteiger partial charge in [0, 0.05) is 13.1 Å². The van der Waals surface area contributed by atoms with Crippen LogP contribution in [0.15, 0.2) is 12.4 Å². The number of rotatable bonds is 4. The van der Waals surface area contributed by atoms with E-state index < -0.39 is 0 Å². The van der Waals surface area contributed by atoms with Gasteiger partial charge in [-0.25, -0.2) is 9.97 Å². The number of aromatic nitrogens is 2. The van der Waals surface area contributed by atoms with Crippen molar-refractivity contribution < 1.29 is 0 Å². The van der Waals surface area contributed by atoms with Gasteiger partial charge < -0.3 is 4.90 Å². The number of halogens is 1. The van der Waals surface area contributed by atoms with Crippen LogP contribution in [-0.4, -0.2) is 23.1 Å². The van der Waals surface area contributed by atoms with E-state index in [-0.39, 0.29) is 5.92 Å². The molecule has 0 aliphatic rings. The molecule has 15 heavy (non-hydrogen) atoms. The summed E-state index contributed by atoms with van der Waals surface area (Å²) in [4.78, 5) is 10.2. The van der Waals surface area contributed by atoms with E-state index in [1.807, 2.05) is 18.7 Å². The molecular weight excluding hydrogens is 212 g/mol. The third-order valence-corrected chi connectivity index (χ3v) is 2.18. The zero-order chi connectivity index (χ0) is 11.3. The van der Waals surface area contributed by atoms with Crippen molar-refractivity contribution in [2.75, 3.05) is 18.0 Å². The Morgan fingerprint density at radius 2 is 2.13 bits per heavy atom. The first kappa shape index (κ1) is 11.7. The molecule has 0 saturated heterocycles. The van der Waals surface area contributed by atoms with Gasteiger partial charge in [0.25, 0.3) is 0 Å². The van der Waals surface area contributed by atoms with Crippen LogP contribution in [0.2, 0.25) is 5.02 Å². The van der Waals surface area contributed by atoms with E-state index in [0.717, 1.165) is 6.54 Å². The largest absolute Gasteiger partial charge is 0.340 e. The average Bonchev–Trinajstić information content (AvgIpc) is 2.27. The lowest BCUT2D eigenvalue weighted by Crippen LogP contribution is -2.29. The summed E-state index contributed by atoms with van der Waals surface area (Å²) < 4.78 is 0. The Morgan fingerprint density at radius 3 is 2.60 bits per heavy atom. The Kier molecular flexibility index (Phi) is 4.32. The first-order valence-corrected chi connectivity index (χ1v) is 5.17. The maximum absolute atomic E-state index is 8.73. The molecule has 0 aliphatic carbocycles. The van der Waals surface area contributed by atoms with Gasteiger partial charge in [-0.1, -0.05) is 11.6 Å². The first-order chi connectivity index (χ1) is 7.17. The molecule has 1 atom stereocenters. The summed E-state index contributed by atoms with van der Waals surface area (Å²) in [6, 6.07) is 2.19. The standard InChI is InChI=1S/C10H13ClN4/c1-3-15(7-8(2)4-12)10-13-5-9(11)6-14-10/h5-6,8H,3,7H2,1-2H3. The molecular formula is C10H13ClN4. The quantitative estimate of drug-likeness (QED) is 0.786. The van der Waals surface area contributed by atoms with Crippen LogP contribution in [0, 0.1) is 17.2 Å². The van der Waals surface area contributed by atoms with Crippen molar-refractivity contribution in [3.8, 4) is 6.07 Å². The smallest absolute Gasteiger partial charge is 0.225 e. The van der Waals surface area contributed by atoms with E-state index in [4.69, 9.17) is 16.9 Å². The molecule has 0 spiro atoms. The number of hydrogen-bond acceptors (Lipinski definition) is 4. The van der Waals surface area contributed by atoms with Crippen LogP contribution in [0.3, 0.4) is 0 Å². The van der Waals surface area contributed by atoms with Gasteiger partial charge in [0.05, 0.1) is 29.4 Å². The summed E-state index contributed by atoms with van der Waals surface area (Å²) in [5, 5.41) is 9.25. The Bertz CT molecular complexity index is 343. The highest BCUT2D eigenvalue weighted by Gasteiger charge is 2.10. The minimum Gasteiger partial charge on any atom is -0.340 e. The number of nitriles is 1. The maximum atomic E-state index is 8.73. The van der Waals surface area contributed by atoms with Crippen molar-refractivity contribution in [3.05, 3.63) is 17.4 Å². The summed E-state index contributed by atoms with van der Waals surface area (Å²) >= 11 is 5.70. The number of anilines is 1. The predicted molar refractivity (Wildman–Crippen MR) is 59.7 cm³/mol. The molecule has 0 saturated carbocycles. The molecule has 0 N–H and O–H groups in total. The summed E-state index contributed by atoms with van der Waals surface area (Å²) in [7, 11) is 0. The fourth-order valence-electron chi connectivity index (χ4n) is 1.19. The van der Waals surface area contributed by atoms with E-state index in [1.54, 1.807) is 12.4 Å². The highest BCUT2D eigenvalue weighted by Crippen LogP contribution is 2.11. The number of nitrogens with zero attached hydrogens (tertiary/aromatic N) is 4. The molecule has 4 nitrogen and oxygen atoms in total. The fourth-order valence-corrected chi connectivity index (χ4v) is 1.29. The second-order valence-electron chi connectivity index (χ2n) is 3.27. The highest BCUT2D eigenvalue weighted by molar-refractivity contribution is 6.30. The highest BCUT2D eigenvalue weighted by atomic mass is 35.5. The van der Waals surface area contributed by atoms with Crippen molar-refractivity contribution in [2.24, 2.45) is 5.92 Å². The molecule has 1 heterocycles. The molecule has 0 aliphatic heterocycles. The molecule has 0 fully saturated rings. The second kappa shape index (κ2) is 5.52. The Labute approximate surface area is 94.5 Å². The van der Waals surface area contributed by atoms with E-state index in [9.17, 15) is 0 Å². The van der Waals surface area contributed by atoms with E-state index in [2.05, 4.69) is 16.0 Å². The lowest BCUT2D eigenvalue weighted by Gasteiger charge is -2.21. The topological polar surface area (TPSA) is 52.8 Å². The van der Waals surface area contributed by atoms with E-state index >= 15 is 0 Å². The van der Waals surface area contributed by atoms with Gasteiger partial charge in [0.15, 0.2) is 0 Å². The SMILES string of the molecule is CCN(CC(C)C#N)c1ncc(Cl)cn1. The van der Waals surface area contributed by atoms with Gasteiger partial charge in [-0.2, -0.15) is 5.26 Å². The molecule has 1 unspecified atom stereocenters. The zero-order valence-electron chi connectivity index (χ0n) is 8.81. The lowest BCUT2D eigenvalue weighted by atomic mass is 10.2. The summed E-state index contributed by atoms with van der Waals surface area (Å²) in [6.07, 6.45) is 3.12. The fraction of sp³-hybridized carbons (Fsp3) is 0.500. The van der Waals surface area contributed by atoms with E-state index in [0.29, 0.717) is 17.5 Å². The molecule has 0 amide bonds. The van der Waals surface area contributed by atoms with Crippen LogP contribution >= 0.6 is 11.6 Å². The summed E-state index contributed by atoms with van der Waals surface area (Å²) in [5.41, 5.74) is 0. The minimum atomic E-state index is -0.0378. The molecule has 1 aromatic rings. The van der Waals surface area contributed by atoms with Crippen LogP contribution in [0.4, 0.5) is 5.95 Å². The van der Waals surface area contributed by atoms with Gasteiger partial charge >= 0.3 is 0 Å². The molecule has 80 valence electrons. The summed E-state index contributed by atoms with van der Waals surface area (Å²) in [5.74, 6) is 0.577. The van der Waals surface area contributed by atoms with Crippen molar-refractivity contribution in [1.29, 1.82) is 5.26 Å². The lowest BCUT2D eigenvalue weighted by molar-refractivity contribution is 0.671. The summed E-state index contributed by atoms with van der Waals surface area (Å²) in [6.45, 7) is 5.28. The zero-order valence-corrected chi connectivity index (χ0v) is 9.57. The Morgan fingerprint density at radius 1 is 1.53 bits per heavy atom. The number of hydrogen-bond donors (Lipinski definition) is 0. The normalized spacial score (nSPS) is 11.9. The van der Waals surface area contributed by atoms with Gasteiger partial charge in [-0.05, 0) is 13.8 Å². The van der Waals surface area contributed by atoms with Crippen LogP contribution < -0.4 is 4.90 Å². The maximum Gasteiger partial charge on any atom is 0.225 e. The van der Waals surface area contributed by atoms with Crippen LogP contribution in [-0.2, 0) is 0 Å². The van der Waals surface area contributed by atoms with Gasteiger partial charge in [0.2, 0.25) is 5.95 Å². The third-order valence-electron chi connectivity index (χ3n) is 1.99. The van der Waals surface area contributed by atoms with Crippen molar-refractivity contribution in [3.63, 3.8) is 0 Å². The molecule has 0 radical (unpaired) electrons. The van der Waals surface area contributed by atoms with Gasteiger partial charge in [-0.15, -0.1) is 0 Å². The minimum absolute atomic E-state index is 0.0378. The van der Waals surface area contributed by atoms with Crippen LogP contribution in [0.25, 0.3) is 0 Å². The molecule has 5 heteroatoms. The molecule has 0 aromatic carbocycles. The van der Waals surface area contributed by atoms with Crippen LogP contribution in [0.1, 0.15) is 13.8 Å². The first-order valence-electron chi connectivity index (χ1n) is 4.79. The third kappa shape index (κ3) is 3.37. The molecule has 1 aromatic heterocycles. The predicted octanol–water partition coefficient (Wildman–Crippen LogP) is 2.12. The second-order valence-corrected chi connectivity index (χ2v) is 3.71. The van der Waals surface area contributed by atoms with Crippen molar-refractivity contribution in [2.45, 2.75) is 13.8 Å². The Hall–Kier alpha value is -1.34. The monoisotopic (exact) mass is 224 g/mol. The van der Waals surface area contributed by atoms with Crippen molar-refractivity contribution >= 4 is 17.5 Å². The van der Waals surface area contributed by atoms with Gasteiger partial charge in [0.1, 0.15) is 0 Å². The molecule has 1 rings (SSSR count). The average molecular weight is 225 g/mol.